The first-order chi connectivity index (χ1) is 13.8. The van der Waals surface area contributed by atoms with E-state index < -0.39 is 0 Å². The van der Waals surface area contributed by atoms with Crippen molar-refractivity contribution in [3.8, 4) is 11.3 Å². The van der Waals surface area contributed by atoms with Crippen LogP contribution in [0.1, 0.15) is 56.6 Å². The molecule has 3 fully saturated rings. The van der Waals surface area contributed by atoms with Crippen LogP contribution >= 0.6 is 0 Å². The van der Waals surface area contributed by atoms with Gasteiger partial charge in [0.05, 0.1) is 11.9 Å². The zero-order chi connectivity index (χ0) is 18.9. The molecule has 0 radical (unpaired) electrons. The van der Waals surface area contributed by atoms with Gasteiger partial charge in [0.2, 0.25) is 11.9 Å². The van der Waals surface area contributed by atoms with Crippen LogP contribution in [-0.2, 0) is 4.79 Å². The van der Waals surface area contributed by atoms with E-state index in [4.69, 9.17) is 4.98 Å². The van der Waals surface area contributed by atoms with Crippen molar-refractivity contribution in [3.63, 3.8) is 0 Å². The average molecular weight is 380 g/mol. The number of carbonyl (C=O) groups excluding carboxylic acids is 1. The minimum absolute atomic E-state index is 0.268. The highest BCUT2D eigenvalue weighted by atomic mass is 16.2. The number of anilines is 1. The fourth-order valence-electron chi connectivity index (χ4n) is 4.71. The molecule has 2 aliphatic heterocycles. The van der Waals surface area contributed by atoms with E-state index in [0.29, 0.717) is 11.8 Å². The molecule has 0 bridgehead atoms. The van der Waals surface area contributed by atoms with Crippen LogP contribution in [0.4, 0.5) is 5.95 Å². The van der Waals surface area contributed by atoms with Gasteiger partial charge in [-0.3, -0.25) is 9.89 Å². The zero-order valence-electron chi connectivity index (χ0n) is 16.3. The number of piperidine rings is 1. The number of aromatic nitrogens is 4. The molecule has 4 heterocycles. The molecule has 2 saturated heterocycles. The highest BCUT2D eigenvalue weighted by Gasteiger charge is 2.33. The van der Waals surface area contributed by atoms with Gasteiger partial charge in [-0.05, 0) is 44.6 Å². The van der Waals surface area contributed by atoms with E-state index in [1.807, 2.05) is 18.5 Å². The molecule has 28 heavy (non-hydrogen) atoms. The summed E-state index contributed by atoms with van der Waals surface area (Å²) in [6, 6.07) is 1.97. The van der Waals surface area contributed by atoms with Crippen molar-refractivity contribution in [1.29, 1.82) is 0 Å². The predicted octanol–water partition coefficient (Wildman–Crippen LogP) is 2.97. The van der Waals surface area contributed by atoms with E-state index in [1.165, 1.54) is 19.3 Å². The van der Waals surface area contributed by atoms with Gasteiger partial charge in [0.1, 0.15) is 0 Å². The second kappa shape index (κ2) is 7.53. The van der Waals surface area contributed by atoms with Crippen molar-refractivity contribution in [2.75, 3.05) is 31.1 Å². The molecule has 148 valence electrons. The number of nitrogens with zero attached hydrogens (tertiary/aromatic N) is 5. The number of amides is 1. The second-order valence-corrected chi connectivity index (χ2v) is 8.38. The quantitative estimate of drug-likeness (QED) is 0.882. The third-order valence-electron chi connectivity index (χ3n) is 6.57. The summed E-state index contributed by atoms with van der Waals surface area (Å²) in [5, 5.41) is 7.55. The molecule has 1 atom stereocenters. The number of H-pyrrole nitrogens is 1. The lowest BCUT2D eigenvalue weighted by molar-refractivity contribution is -0.139. The zero-order valence-corrected chi connectivity index (χ0v) is 16.3. The molecule has 0 spiro atoms. The lowest BCUT2D eigenvalue weighted by atomic mass is 9.83. The van der Waals surface area contributed by atoms with Gasteiger partial charge in [0.25, 0.3) is 0 Å². The summed E-state index contributed by atoms with van der Waals surface area (Å²) in [6.45, 7) is 3.74. The Balaban J connectivity index is 1.37. The summed E-state index contributed by atoms with van der Waals surface area (Å²) < 4.78 is 0. The fourth-order valence-corrected chi connectivity index (χ4v) is 4.71. The standard InChI is InChI=1S/C21H28N6O/c28-20(15-5-3-6-15)27-12-4-7-16(14-27)19-17(13-23-25-19)18-8-9-22-21(24-18)26-10-1-2-11-26/h8-9,13,15-16H,1-7,10-12,14H2,(H,23,25)/t16-/m1/s1. The summed E-state index contributed by atoms with van der Waals surface area (Å²) in [5.41, 5.74) is 3.08. The van der Waals surface area contributed by atoms with Crippen LogP contribution in [0, 0.1) is 5.92 Å². The Kier molecular flexibility index (Phi) is 4.74. The van der Waals surface area contributed by atoms with Gasteiger partial charge in [-0.1, -0.05) is 6.42 Å². The first kappa shape index (κ1) is 17.6. The summed E-state index contributed by atoms with van der Waals surface area (Å²) in [5.74, 6) is 1.73. The topological polar surface area (TPSA) is 78.0 Å². The molecule has 1 amide bonds. The van der Waals surface area contributed by atoms with E-state index in [0.717, 1.165) is 74.8 Å². The third-order valence-corrected chi connectivity index (χ3v) is 6.57. The number of rotatable bonds is 4. The third kappa shape index (κ3) is 3.27. The number of likely N-dealkylation sites (tertiary alicyclic amines) is 1. The summed E-state index contributed by atoms with van der Waals surface area (Å²) in [7, 11) is 0. The summed E-state index contributed by atoms with van der Waals surface area (Å²) in [4.78, 5) is 26.4. The van der Waals surface area contributed by atoms with E-state index in [2.05, 4.69) is 25.0 Å². The number of hydrogen-bond donors (Lipinski definition) is 1. The minimum atomic E-state index is 0.268. The Labute approximate surface area is 165 Å². The number of nitrogens with one attached hydrogen (secondary N) is 1. The predicted molar refractivity (Wildman–Crippen MR) is 107 cm³/mol. The maximum atomic E-state index is 12.7. The number of hydrogen-bond acceptors (Lipinski definition) is 5. The smallest absolute Gasteiger partial charge is 0.225 e. The van der Waals surface area contributed by atoms with E-state index in [-0.39, 0.29) is 5.92 Å². The van der Waals surface area contributed by atoms with Crippen LogP contribution in [0.15, 0.2) is 18.5 Å². The van der Waals surface area contributed by atoms with Crippen LogP contribution in [0.5, 0.6) is 0 Å². The van der Waals surface area contributed by atoms with Crippen molar-refractivity contribution in [2.45, 2.75) is 50.9 Å². The van der Waals surface area contributed by atoms with Crippen LogP contribution in [-0.4, -0.2) is 57.2 Å². The van der Waals surface area contributed by atoms with Gasteiger partial charge >= 0.3 is 0 Å². The second-order valence-electron chi connectivity index (χ2n) is 8.38. The van der Waals surface area contributed by atoms with Crippen molar-refractivity contribution in [1.82, 2.24) is 25.1 Å². The molecule has 0 unspecified atom stereocenters. The van der Waals surface area contributed by atoms with Gasteiger partial charge < -0.3 is 9.80 Å². The molecular formula is C21H28N6O. The summed E-state index contributed by atoms with van der Waals surface area (Å²) in [6.07, 6.45) is 11.6. The largest absolute Gasteiger partial charge is 0.342 e. The number of aromatic amines is 1. The molecular weight excluding hydrogens is 352 g/mol. The van der Waals surface area contributed by atoms with Gasteiger partial charge in [0.15, 0.2) is 0 Å². The lowest BCUT2D eigenvalue weighted by Crippen LogP contribution is -2.44. The first-order valence-corrected chi connectivity index (χ1v) is 10.7. The monoisotopic (exact) mass is 380 g/mol. The molecule has 3 aliphatic rings. The highest BCUT2D eigenvalue weighted by molar-refractivity contribution is 5.79. The molecule has 7 nitrogen and oxygen atoms in total. The van der Waals surface area contributed by atoms with Crippen LogP contribution in [0.2, 0.25) is 0 Å². The summed E-state index contributed by atoms with van der Waals surface area (Å²) >= 11 is 0. The number of carbonyl (C=O) groups is 1. The fraction of sp³-hybridized carbons (Fsp3) is 0.619. The lowest BCUT2D eigenvalue weighted by Gasteiger charge is -2.37. The Hall–Kier alpha value is -2.44. The minimum Gasteiger partial charge on any atom is -0.342 e. The van der Waals surface area contributed by atoms with Gasteiger partial charge in [-0.25, -0.2) is 9.97 Å². The van der Waals surface area contributed by atoms with Crippen molar-refractivity contribution < 1.29 is 4.79 Å². The van der Waals surface area contributed by atoms with Crippen LogP contribution in [0.25, 0.3) is 11.3 Å². The Bertz CT molecular complexity index is 839. The Morgan fingerprint density at radius 1 is 1.07 bits per heavy atom. The van der Waals surface area contributed by atoms with Gasteiger partial charge in [-0.15, -0.1) is 0 Å². The average Bonchev–Trinajstić information content (AvgIpc) is 3.39. The van der Waals surface area contributed by atoms with Crippen LogP contribution in [0.3, 0.4) is 0 Å². The van der Waals surface area contributed by atoms with E-state index >= 15 is 0 Å². The van der Waals surface area contributed by atoms with Crippen LogP contribution < -0.4 is 4.90 Å². The van der Waals surface area contributed by atoms with Gasteiger partial charge in [0, 0.05) is 55.5 Å². The first-order valence-electron chi connectivity index (χ1n) is 10.7. The SMILES string of the molecule is O=C(C1CCC1)N1CCC[C@@H](c2[nH]ncc2-c2ccnc(N3CCCC3)n2)C1. The molecule has 7 heteroatoms. The normalized spacial score (nSPS) is 23.1. The molecule has 0 aromatic carbocycles. The van der Waals surface area contributed by atoms with Crippen molar-refractivity contribution >= 4 is 11.9 Å². The molecule has 2 aromatic heterocycles. The maximum absolute atomic E-state index is 12.7. The molecule has 5 rings (SSSR count). The molecule has 1 N–H and O–H groups in total. The Morgan fingerprint density at radius 3 is 2.71 bits per heavy atom. The van der Waals surface area contributed by atoms with Crippen molar-refractivity contribution in [3.05, 3.63) is 24.2 Å². The maximum Gasteiger partial charge on any atom is 0.225 e. The highest BCUT2D eigenvalue weighted by Crippen LogP contribution is 2.35. The Morgan fingerprint density at radius 2 is 1.93 bits per heavy atom. The van der Waals surface area contributed by atoms with Crippen molar-refractivity contribution in [2.24, 2.45) is 5.92 Å². The van der Waals surface area contributed by atoms with E-state index in [9.17, 15) is 4.79 Å². The molecule has 1 saturated carbocycles. The van der Waals surface area contributed by atoms with E-state index in [1.54, 1.807) is 0 Å². The van der Waals surface area contributed by atoms with Gasteiger partial charge in [-0.2, -0.15) is 5.10 Å². The molecule has 1 aliphatic carbocycles. The molecule has 2 aromatic rings.